The Bertz CT molecular complexity index is 734. The lowest BCUT2D eigenvalue weighted by Crippen LogP contribution is -2.20. The van der Waals surface area contributed by atoms with E-state index in [2.05, 4.69) is 15.9 Å². The molecule has 0 atom stereocenters. The molecular formula is C12H7BrF3NO3. The van der Waals surface area contributed by atoms with Gasteiger partial charge in [0.1, 0.15) is 5.69 Å². The number of benzene rings is 1. The minimum atomic E-state index is -4.83. The highest BCUT2D eigenvalue weighted by molar-refractivity contribution is 9.10. The van der Waals surface area contributed by atoms with Gasteiger partial charge >= 0.3 is 12.1 Å². The third kappa shape index (κ3) is 2.20. The second-order valence-corrected chi connectivity index (χ2v) is 4.99. The Morgan fingerprint density at radius 1 is 1.30 bits per heavy atom. The molecule has 106 valence electrons. The zero-order valence-corrected chi connectivity index (χ0v) is 11.5. The molecule has 20 heavy (non-hydrogen) atoms. The zero-order chi connectivity index (χ0) is 15.2. The molecule has 4 nitrogen and oxygen atoms in total. The SMILES string of the molecule is Cn1c(C(F)(F)F)c(C(=O)C(=O)O)c2cc(Br)ccc21. The summed E-state index contributed by atoms with van der Waals surface area (Å²) in [5, 5.41) is 8.67. The first kappa shape index (κ1) is 14.6. The summed E-state index contributed by atoms with van der Waals surface area (Å²) >= 11 is 3.09. The van der Waals surface area contributed by atoms with Crippen molar-refractivity contribution in [3.05, 3.63) is 33.9 Å². The van der Waals surface area contributed by atoms with E-state index in [4.69, 9.17) is 5.11 Å². The van der Waals surface area contributed by atoms with E-state index in [-0.39, 0.29) is 10.9 Å². The average Bonchev–Trinajstić information content (AvgIpc) is 2.60. The molecule has 0 bridgehead atoms. The van der Waals surface area contributed by atoms with E-state index < -0.39 is 29.2 Å². The van der Waals surface area contributed by atoms with Gasteiger partial charge in [0.15, 0.2) is 0 Å². The molecule has 0 aliphatic heterocycles. The van der Waals surface area contributed by atoms with E-state index in [1.807, 2.05) is 0 Å². The predicted molar refractivity (Wildman–Crippen MR) is 67.6 cm³/mol. The summed E-state index contributed by atoms with van der Waals surface area (Å²) in [5.41, 5.74) is -1.98. The summed E-state index contributed by atoms with van der Waals surface area (Å²) in [4.78, 5) is 22.4. The number of Topliss-reactive ketones (excluding diaryl/α,β-unsaturated/α-hetero) is 1. The molecule has 1 N–H and O–H groups in total. The summed E-state index contributed by atoms with van der Waals surface area (Å²) < 4.78 is 40.5. The minimum Gasteiger partial charge on any atom is -0.475 e. The molecule has 0 saturated heterocycles. The molecule has 0 amide bonds. The quantitative estimate of drug-likeness (QED) is 0.668. The van der Waals surface area contributed by atoms with Gasteiger partial charge in [-0.3, -0.25) is 4.79 Å². The molecule has 1 heterocycles. The molecule has 0 saturated carbocycles. The molecule has 1 aromatic carbocycles. The third-order valence-corrected chi connectivity index (χ3v) is 3.34. The van der Waals surface area contributed by atoms with Crippen LogP contribution in [-0.4, -0.2) is 21.4 Å². The van der Waals surface area contributed by atoms with Gasteiger partial charge in [0, 0.05) is 22.4 Å². The van der Waals surface area contributed by atoms with Crippen molar-refractivity contribution in [2.45, 2.75) is 6.18 Å². The first-order valence-electron chi connectivity index (χ1n) is 5.27. The molecule has 0 aliphatic carbocycles. The molecule has 2 aromatic rings. The number of nitrogens with zero attached hydrogens (tertiary/aromatic N) is 1. The molecule has 0 spiro atoms. The van der Waals surface area contributed by atoms with E-state index in [1.165, 1.54) is 18.2 Å². The number of carboxylic acid groups (broad SMARTS) is 1. The van der Waals surface area contributed by atoms with Crippen LogP contribution in [0.3, 0.4) is 0 Å². The summed E-state index contributed by atoms with van der Waals surface area (Å²) in [7, 11) is 1.14. The van der Waals surface area contributed by atoms with Gasteiger partial charge in [-0.1, -0.05) is 15.9 Å². The first-order valence-corrected chi connectivity index (χ1v) is 6.06. The van der Waals surface area contributed by atoms with E-state index in [0.29, 0.717) is 4.47 Å². The van der Waals surface area contributed by atoms with Crippen LogP contribution >= 0.6 is 15.9 Å². The largest absolute Gasteiger partial charge is 0.475 e. The van der Waals surface area contributed by atoms with Crippen molar-refractivity contribution < 1.29 is 27.9 Å². The van der Waals surface area contributed by atoms with Crippen LogP contribution < -0.4 is 0 Å². The Kier molecular flexibility index (Phi) is 3.37. The number of rotatable bonds is 2. The highest BCUT2D eigenvalue weighted by Gasteiger charge is 2.41. The third-order valence-electron chi connectivity index (χ3n) is 2.85. The molecule has 0 aliphatic rings. The first-order chi connectivity index (χ1) is 9.14. The van der Waals surface area contributed by atoms with Crippen molar-refractivity contribution in [1.82, 2.24) is 4.57 Å². The van der Waals surface area contributed by atoms with Crippen molar-refractivity contribution in [3.8, 4) is 0 Å². The van der Waals surface area contributed by atoms with Crippen LogP contribution in [0.4, 0.5) is 13.2 Å². The lowest BCUT2D eigenvalue weighted by atomic mass is 10.1. The van der Waals surface area contributed by atoms with Gasteiger partial charge < -0.3 is 9.67 Å². The van der Waals surface area contributed by atoms with Crippen molar-refractivity contribution >= 4 is 38.6 Å². The van der Waals surface area contributed by atoms with Gasteiger partial charge in [-0.2, -0.15) is 13.2 Å². The number of aryl methyl sites for hydroxylation is 1. The van der Waals surface area contributed by atoms with Crippen LogP contribution in [0.15, 0.2) is 22.7 Å². The number of fused-ring (bicyclic) bond motifs is 1. The number of halogens is 4. The molecule has 1 aromatic heterocycles. The predicted octanol–water partition coefficient (Wildman–Crippen LogP) is 3.23. The van der Waals surface area contributed by atoms with Crippen LogP contribution in [0, 0.1) is 0 Å². The normalized spacial score (nSPS) is 11.8. The van der Waals surface area contributed by atoms with Gasteiger partial charge in [-0.15, -0.1) is 0 Å². The average molecular weight is 350 g/mol. The zero-order valence-electron chi connectivity index (χ0n) is 9.95. The number of carbonyl (C=O) groups excluding carboxylic acids is 1. The maximum Gasteiger partial charge on any atom is 0.432 e. The number of carboxylic acids is 1. The summed E-state index contributed by atoms with van der Waals surface area (Å²) in [6.45, 7) is 0. The van der Waals surface area contributed by atoms with E-state index in [9.17, 15) is 22.8 Å². The number of aromatic nitrogens is 1. The van der Waals surface area contributed by atoms with Crippen molar-refractivity contribution in [2.75, 3.05) is 0 Å². The van der Waals surface area contributed by atoms with Gasteiger partial charge in [0.2, 0.25) is 0 Å². The lowest BCUT2D eigenvalue weighted by Gasteiger charge is -2.09. The number of carbonyl (C=O) groups is 2. The Hall–Kier alpha value is -1.83. The maximum atomic E-state index is 13.1. The smallest absolute Gasteiger partial charge is 0.432 e. The highest BCUT2D eigenvalue weighted by Crippen LogP contribution is 2.38. The van der Waals surface area contributed by atoms with Crippen molar-refractivity contribution in [1.29, 1.82) is 0 Å². The molecule has 0 fully saturated rings. The van der Waals surface area contributed by atoms with E-state index in [1.54, 1.807) is 0 Å². The van der Waals surface area contributed by atoms with Crippen LogP contribution in [-0.2, 0) is 18.0 Å². The Morgan fingerprint density at radius 3 is 2.40 bits per heavy atom. The topological polar surface area (TPSA) is 59.3 Å². The van der Waals surface area contributed by atoms with Crippen molar-refractivity contribution in [2.24, 2.45) is 7.05 Å². The monoisotopic (exact) mass is 349 g/mol. The second kappa shape index (κ2) is 4.62. The fraction of sp³-hybridized carbons (Fsp3) is 0.167. The Balaban J connectivity index is 2.97. The minimum absolute atomic E-state index is 0.0541. The van der Waals surface area contributed by atoms with Crippen LogP contribution in [0.1, 0.15) is 16.1 Å². The van der Waals surface area contributed by atoms with Gasteiger partial charge in [0.25, 0.3) is 5.78 Å². The van der Waals surface area contributed by atoms with Crippen LogP contribution in [0.2, 0.25) is 0 Å². The summed E-state index contributed by atoms with van der Waals surface area (Å²) in [5.74, 6) is -3.51. The Labute approximate surface area is 118 Å². The second-order valence-electron chi connectivity index (χ2n) is 4.08. The number of alkyl halides is 3. The standard InChI is InChI=1S/C12H7BrF3NO3/c1-17-7-3-2-5(13)4-6(7)8(9(18)11(19)20)10(17)12(14,15)16/h2-4H,1H3,(H,19,20). The Morgan fingerprint density at radius 2 is 1.90 bits per heavy atom. The number of aliphatic carboxylic acids is 1. The molecule has 0 unspecified atom stereocenters. The number of hydrogen-bond donors (Lipinski definition) is 1. The number of ketones is 1. The molecule has 0 radical (unpaired) electrons. The fourth-order valence-corrected chi connectivity index (χ4v) is 2.45. The van der Waals surface area contributed by atoms with Gasteiger partial charge in [-0.05, 0) is 18.2 Å². The summed E-state index contributed by atoms with van der Waals surface area (Å²) in [6, 6.07) is 4.19. The number of hydrogen-bond acceptors (Lipinski definition) is 2. The van der Waals surface area contributed by atoms with Crippen LogP contribution in [0.25, 0.3) is 10.9 Å². The molecular weight excluding hydrogens is 343 g/mol. The van der Waals surface area contributed by atoms with E-state index in [0.717, 1.165) is 11.6 Å². The summed E-state index contributed by atoms with van der Waals surface area (Å²) in [6.07, 6.45) is -4.83. The van der Waals surface area contributed by atoms with Gasteiger partial charge in [-0.25, -0.2) is 4.79 Å². The highest BCUT2D eigenvalue weighted by atomic mass is 79.9. The maximum absolute atomic E-state index is 13.1. The molecule has 8 heteroatoms. The van der Waals surface area contributed by atoms with E-state index >= 15 is 0 Å². The van der Waals surface area contributed by atoms with Gasteiger partial charge in [0.05, 0.1) is 5.56 Å². The van der Waals surface area contributed by atoms with Crippen LogP contribution in [0.5, 0.6) is 0 Å². The fourth-order valence-electron chi connectivity index (χ4n) is 2.09. The molecule has 2 rings (SSSR count). The van der Waals surface area contributed by atoms with Crippen molar-refractivity contribution in [3.63, 3.8) is 0 Å². The lowest BCUT2D eigenvalue weighted by molar-refractivity contribution is -0.143.